The van der Waals surface area contributed by atoms with E-state index >= 15 is 0 Å². The number of hydrogen-bond donors (Lipinski definition) is 2. The number of nitrogens with two attached hydrogens (primary N) is 1. The summed E-state index contributed by atoms with van der Waals surface area (Å²) in [6, 6.07) is 21.4. The molecule has 9 heteroatoms. The van der Waals surface area contributed by atoms with E-state index < -0.39 is 10.0 Å². The SMILES string of the molecule is COc1ccc(CCN(CC(=O)NCCCCCCN)S(=O)(=O)c2ccc(-c3ccccc3Cl)cc2)cc1. The van der Waals surface area contributed by atoms with Crippen molar-refractivity contribution >= 4 is 27.5 Å². The van der Waals surface area contributed by atoms with Gasteiger partial charge in [-0.05, 0) is 67.3 Å². The number of sulfonamides is 1. The molecular formula is C29H36ClN3O4S. The van der Waals surface area contributed by atoms with Gasteiger partial charge in [0.15, 0.2) is 0 Å². The highest BCUT2D eigenvalue weighted by Crippen LogP contribution is 2.29. The summed E-state index contributed by atoms with van der Waals surface area (Å²) in [7, 11) is -2.34. The largest absolute Gasteiger partial charge is 0.497 e. The van der Waals surface area contributed by atoms with E-state index in [1.807, 2.05) is 42.5 Å². The number of carbonyl (C=O) groups is 1. The van der Waals surface area contributed by atoms with Crippen LogP contribution in [0, 0.1) is 0 Å². The number of amides is 1. The highest BCUT2D eigenvalue weighted by molar-refractivity contribution is 7.89. The lowest BCUT2D eigenvalue weighted by Gasteiger charge is -2.22. The predicted molar refractivity (Wildman–Crippen MR) is 153 cm³/mol. The molecule has 0 saturated carbocycles. The number of rotatable bonds is 15. The van der Waals surface area contributed by atoms with Gasteiger partial charge in [-0.3, -0.25) is 4.79 Å². The number of benzene rings is 3. The standard InChI is InChI=1S/C29H36ClN3O4S/c1-37-25-14-10-23(11-15-25)18-21-33(22-29(34)32-20-7-3-2-6-19-31)38(35,36)26-16-12-24(13-17-26)27-8-4-5-9-28(27)30/h4-5,8-17H,2-3,6-7,18-22,31H2,1H3,(H,32,34). The van der Waals surface area contributed by atoms with Gasteiger partial charge in [0.25, 0.3) is 0 Å². The minimum Gasteiger partial charge on any atom is -0.497 e. The van der Waals surface area contributed by atoms with E-state index in [2.05, 4.69) is 5.32 Å². The van der Waals surface area contributed by atoms with Crippen molar-refractivity contribution in [2.45, 2.75) is 37.0 Å². The van der Waals surface area contributed by atoms with E-state index in [0.29, 0.717) is 24.5 Å². The van der Waals surface area contributed by atoms with Gasteiger partial charge in [-0.2, -0.15) is 4.31 Å². The van der Waals surface area contributed by atoms with Crippen LogP contribution in [0.15, 0.2) is 77.7 Å². The van der Waals surface area contributed by atoms with Crippen molar-refractivity contribution in [2.75, 3.05) is 33.3 Å². The average molecular weight is 558 g/mol. The zero-order chi connectivity index (χ0) is 27.4. The summed E-state index contributed by atoms with van der Waals surface area (Å²) < 4.78 is 33.7. The fourth-order valence-electron chi connectivity index (χ4n) is 4.05. The minimum atomic E-state index is -3.93. The van der Waals surface area contributed by atoms with Gasteiger partial charge < -0.3 is 15.8 Å². The molecule has 38 heavy (non-hydrogen) atoms. The highest BCUT2D eigenvalue weighted by atomic mass is 35.5. The second-order valence-electron chi connectivity index (χ2n) is 8.99. The zero-order valence-corrected chi connectivity index (χ0v) is 23.3. The van der Waals surface area contributed by atoms with Gasteiger partial charge in [-0.15, -0.1) is 0 Å². The normalized spacial score (nSPS) is 11.5. The van der Waals surface area contributed by atoms with Crippen LogP contribution in [0.4, 0.5) is 0 Å². The summed E-state index contributed by atoms with van der Waals surface area (Å²) in [6.07, 6.45) is 4.22. The number of carbonyl (C=O) groups excluding carboxylic acids is 1. The first-order valence-electron chi connectivity index (χ1n) is 12.8. The Morgan fingerprint density at radius 1 is 0.947 bits per heavy atom. The molecule has 0 bridgehead atoms. The van der Waals surface area contributed by atoms with Crippen molar-refractivity contribution in [3.05, 3.63) is 83.4 Å². The Kier molecular flexibility index (Phi) is 11.6. The van der Waals surface area contributed by atoms with Gasteiger partial charge in [0, 0.05) is 23.7 Å². The molecule has 0 aliphatic heterocycles. The quantitative estimate of drug-likeness (QED) is 0.259. The fourth-order valence-corrected chi connectivity index (χ4v) is 5.69. The number of nitrogens with zero attached hydrogens (tertiary/aromatic N) is 1. The first kappa shape index (κ1) is 29.6. The monoisotopic (exact) mass is 557 g/mol. The first-order valence-corrected chi connectivity index (χ1v) is 14.6. The summed E-state index contributed by atoms with van der Waals surface area (Å²) in [4.78, 5) is 12.8. The van der Waals surface area contributed by atoms with Crippen LogP contribution in [0.3, 0.4) is 0 Å². The number of nitrogens with one attached hydrogen (secondary N) is 1. The summed E-state index contributed by atoms with van der Waals surface area (Å²) >= 11 is 6.31. The number of ether oxygens (including phenoxy) is 1. The third kappa shape index (κ3) is 8.56. The van der Waals surface area contributed by atoms with E-state index in [-0.39, 0.29) is 23.9 Å². The summed E-state index contributed by atoms with van der Waals surface area (Å²) in [5, 5.41) is 3.44. The number of halogens is 1. The van der Waals surface area contributed by atoms with Crippen LogP contribution in [0.2, 0.25) is 5.02 Å². The maximum absolute atomic E-state index is 13.6. The van der Waals surface area contributed by atoms with E-state index in [9.17, 15) is 13.2 Å². The van der Waals surface area contributed by atoms with Gasteiger partial charge >= 0.3 is 0 Å². The first-order chi connectivity index (χ1) is 18.3. The second-order valence-corrected chi connectivity index (χ2v) is 11.3. The number of unbranched alkanes of at least 4 members (excludes halogenated alkanes) is 3. The Hall–Kier alpha value is -2.91. The van der Waals surface area contributed by atoms with Gasteiger partial charge in [-0.25, -0.2) is 8.42 Å². The lowest BCUT2D eigenvalue weighted by Crippen LogP contribution is -2.42. The molecule has 0 radical (unpaired) electrons. The maximum Gasteiger partial charge on any atom is 0.243 e. The molecule has 0 aliphatic carbocycles. The maximum atomic E-state index is 13.6. The molecule has 0 unspecified atom stereocenters. The van der Waals surface area contributed by atoms with E-state index in [0.717, 1.165) is 48.1 Å². The molecule has 3 rings (SSSR count). The molecule has 7 nitrogen and oxygen atoms in total. The lowest BCUT2D eigenvalue weighted by molar-refractivity contribution is -0.121. The molecule has 3 N–H and O–H groups in total. The second kappa shape index (κ2) is 14.9. The summed E-state index contributed by atoms with van der Waals surface area (Å²) in [5.74, 6) is 0.400. The van der Waals surface area contributed by atoms with Crippen LogP contribution < -0.4 is 15.8 Å². The van der Waals surface area contributed by atoms with Crippen LogP contribution in [0.1, 0.15) is 31.2 Å². The molecule has 0 heterocycles. The Morgan fingerprint density at radius 2 is 1.63 bits per heavy atom. The molecule has 204 valence electrons. The topological polar surface area (TPSA) is 102 Å². The molecule has 0 aromatic heterocycles. The Bertz CT molecular complexity index is 1270. The summed E-state index contributed by atoms with van der Waals surface area (Å²) in [6.45, 7) is 1.06. The van der Waals surface area contributed by atoms with Crippen LogP contribution in [0.5, 0.6) is 5.75 Å². The van der Waals surface area contributed by atoms with Gasteiger partial charge in [0.2, 0.25) is 15.9 Å². The Labute approximate surface area is 231 Å². The van der Waals surface area contributed by atoms with Crippen LogP contribution in [0.25, 0.3) is 11.1 Å². The molecular weight excluding hydrogens is 522 g/mol. The molecule has 0 aliphatic rings. The van der Waals surface area contributed by atoms with Crippen molar-refractivity contribution in [3.8, 4) is 16.9 Å². The molecule has 0 spiro atoms. The Balaban J connectivity index is 1.74. The van der Waals surface area contributed by atoms with Crippen molar-refractivity contribution in [3.63, 3.8) is 0 Å². The molecule has 0 fully saturated rings. The highest BCUT2D eigenvalue weighted by Gasteiger charge is 2.26. The van der Waals surface area contributed by atoms with Crippen molar-refractivity contribution in [1.82, 2.24) is 9.62 Å². The van der Waals surface area contributed by atoms with E-state index in [4.69, 9.17) is 22.1 Å². The zero-order valence-electron chi connectivity index (χ0n) is 21.7. The fraction of sp³-hybridized carbons (Fsp3) is 0.345. The van der Waals surface area contributed by atoms with Crippen molar-refractivity contribution in [2.24, 2.45) is 5.73 Å². The van der Waals surface area contributed by atoms with Crippen molar-refractivity contribution in [1.29, 1.82) is 0 Å². The van der Waals surface area contributed by atoms with Gasteiger partial charge in [0.05, 0.1) is 18.6 Å². The molecule has 3 aromatic carbocycles. The third-order valence-corrected chi connectivity index (χ3v) is 8.45. The molecule has 3 aromatic rings. The number of methoxy groups -OCH3 is 1. The van der Waals surface area contributed by atoms with Crippen molar-refractivity contribution < 1.29 is 17.9 Å². The molecule has 0 atom stereocenters. The van der Waals surface area contributed by atoms with E-state index in [1.165, 1.54) is 4.31 Å². The van der Waals surface area contributed by atoms with Crippen LogP contribution in [-0.4, -0.2) is 51.9 Å². The minimum absolute atomic E-state index is 0.123. The molecule has 0 saturated heterocycles. The molecule has 1 amide bonds. The number of hydrogen-bond acceptors (Lipinski definition) is 5. The van der Waals surface area contributed by atoms with Gasteiger partial charge in [-0.1, -0.05) is 66.9 Å². The Morgan fingerprint density at radius 3 is 2.29 bits per heavy atom. The van der Waals surface area contributed by atoms with Gasteiger partial charge in [0.1, 0.15) is 5.75 Å². The summed E-state index contributed by atoms with van der Waals surface area (Å²) in [5.41, 5.74) is 8.10. The van der Waals surface area contributed by atoms with Crippen LogP contribution >= 0.6 is 11.6 Å². The lowest BCUT2D eigenvalue weighted by atomic mass is 10.1. The average Bonchev–Trinajstić information content (AvgIpc) is 2.93. The van der Waals surface area contributed by atoms with E-state index in [1.54, 1.807) is 37.4 Å². The smallest absolute Gasteiger partial charge is 0.243 e. The third-order valence-electron chi connectivity index (χ3n) is 6.26. The predicted octanol–water partition coefficient (Wildman–Crippen LogP) is 4.88. The van der Waals surface area contributed by atoms with Crippen LogP contribution in [-0.2, 0) is 21.2 Å².